The number of hydrogen-bond acceptors (Lipinski definition) is 2. The smallest absolute Gasteiger partial charge is 0.251 e. The molecule has 2 rings (SSSR count). The molecule has 0 bridgehead atoms. The van der Waals surface area contributed by atoms with Crippen LogP contribution in [0, 0.1) is 6.92 Å². The summed E-state index contributed by atoms with van der Waals surface area (Å²) in [6.07, 6.45) is 0. The number of ether oxygens (including phenoxy) is 1. The van der Waals surface area contributed by atoms with Gasteiger partial charge in [0.25, 0.3) is 5.91 Å². The minimum atomic E-state index is -0.0688. The highest BCUT2D eigenvalue weighted by atomic mass is 16.5. The molecule has 23 heavy (non-hydrogen) atoms. The molecule has 0 spiro atoms. The summed E-state index contributed by atoms with van der Waals surface area (Å²) < 4.78 is 5.74. The highest BCUT2D eigenvalue weighted by molar-refractivity contribution is 5.94. The molecular formula is C20H25NO2. The molecule has 1 N–H and O–H groups in total. The first kappa shape index (κ1) is 17.1. The third kappa shape index (κ3) is 5.13. The van der Waals surface area contributed by atoms with Gasteiger partial charge in [-0.15, -0.1) is 0 Å². The summed E-state index contributed by atoms with van der Waals surface area (Å²) in [4.78, 5) is 12.0. The summed E-state index contributed by atoms with van der Waals surface area (Å²) in [5, 5.41) is 2.88. The van der Waals surface area contributed by atoms with E-state index in [0.717, 1.165) is 11.3 Å². The number of hydrogen-bond donors (Lipinski definition) is 1. The summed E-state index contributed by atoms with van der Waals surface area (Å²) in [7, 11) is 0. The number of carbonyl (C=O) groups excluding carboxylic acids is 1. The van der Waals surface area contributed by atoms with Crippen molar-refractivity contribution in [2.75, 3.05) is 13.2 Å². The van der Waals surface area contributed by atoms with Crippen molar-refractivity contribution in [1.29, 1.82) is 0 Å². The van der Waals surface area contributed by atoms with E-state index in [2.05, 4.69) is 38.2 Å². The van der Waals surface area contributed by atoms with Gasteiger partial charge >= 0.3 is 0 Å². The molecule has 0 radical (unpaired) electrons. The van der Waals surface area contributed by atoms with E-state index in [9.17, 15) is 4.79 Å². The van der Waals surface area contributed by atoms with Crippen molar-refractivity contribution in [1.82, 2.24) is 5.32 Å². The Kier molecular flexibility index (Phi) is 5.43. The predicted octanol–water partition coefficient (Wildman–Crippen LogP) is 4.10. The van der Waals surface area contributed by atoms with Gasteiger partial charge in [0, 0.05) is 5.56 Å². The second-order valence-electron chi connectivity index (χ2n) is 6.75. The third-order valence-corrected chi connectivity index (χ3v) is 3.64. The first-order chi connectivity index (χ1) is 10.9. The van der Waals surface area contributed by atoms with Crippen LogP contribution >= 0.6 is 0 Å². The lowest BCUT2D eigenvalue weighted by Gasteiger charge is -2.19. The molecule has 0 saturated carbocycles. The maximum Gasteiger partial charge on any atom is 0.251 e. The molecule has 3 nitrogen and oxygen atoms in total. The van der Waals surface area contributed by atoms with Crippen LogP contribution in [0.25, 0.3) is 0 Å². The molecule has 0 aromatic heterocycles. The Hall–Kier alpha value is -2.29. The van der Waals surface area contributed by atoms with Crippen LogP contribution in [0.4, 0.5) is 0 Å². The van der Waals surface area contributed by atoms with Crippen molar-refractivity contribution in [3.05, 3.63) is 65.2 Å². The molecule has 2 aromatic rings. The Morgan fingerprint density at radius 2 is 1.83 bits per heavy atom. The van der Waals surface area contributed by atoms with Crippen LogP contribution in [-0.2, 0) is 5.41 Å². The van der Waals surface area contributed by atoms with E-state index in [0.29, 0.717) is 18.7 Å². The van der Waals surface area contributed by atoms with Crippen molar-refractivity contribution in [2.24, 2.45) is 0 Å². The van der Waals surface area contributed by atoms with Gasteiger partial charge in [0.1, 0.15) is 12.4 Å². The van der Waals surface area contributed by atoms with E-state index >= 15 is 0 Å². The van der Waals surface area contributed by atoms with Gasteiger partial charge < -0.3 is 10.1 Å². The highest BCUT2D eigenvalue weighted by Gasteiger charge is 2.13. The Bertz CT molecular complexity index is 671. The average Bonchev–Trinajstić information content (AvgIpc) is 2.51. The minimum Gasteiger partial charge on any atom is -0.492 e. The molecule has 0 aliphatic rings. The van der Waals surface area contributed by atoms with Crippen molar-refractivity contribution in [2.45, 2.75) is 33.1 Å². The SMILES string of the molecule is Cc1cccc(C(=O)NCCOc2cccc(C(C)(C)C)c2)c1. The Morgan fingerprint density at radius 3 is 2.52 bits per heavy atom. The first-order valence-corrected chi connectivity index (χ1v) is 7.94. The number of benzene rings is 2. The lowest BCUT2D eigenvalue weighted by atomic mass is 9.87. The fraction of sp³-hybridized carbons (Fsp3) is 0.350. The third-order valence-electron chi connectivity index (χ3n) is 3.64. The molecule has 0 heterocycles. The summed E-state index contributed by atoms with van der Waals surface area (Å²) in [6, 6.07) is 15.7. The molecule has 3 heteroatoms. The maximum atomic E-state index is 12.0. The second kappa shape index (κ2) is 7.32. The summed E-state index contributed by atoms with van der Waals surface area (Å²) in [6.45, 7) is 9.43. The van der Waals surface area contributed by atoms with Crippen LogP contribution in [-0.4, -0.2) is 19.1 Å². The summed E-state index contributed by atoms with van der Waals surface area (Å²) in [5.41, 5.74) is 3.09. The Balaban J connectivity index is 1.83. The predicted molar refractivity (Wildman–Crippen MR) is 94.1 cm³/mol. The van der Waals surface area contributed by atoms with Gasteiger partial charge in [-0.3, -0.25) is 4.79 Å². The van der Waals surface area contributed by atoms with Crippen molar-refractivity contribution >= 4 is 5.91 Å². The molecule has 0 aliphatic heterocycles. The van der Waals surface area contributed by atoms with Gasteiger partial charge in [-0.25, -0.2) is 0 Å². The Labute approximate surface area is 138 Å². The van der Waals surface area contributed by atoms with Gasteiger partial charge in [-0.2, -0.15) is 0 Å². The first-order valence-electron chi connectivity index (χ1n) is 7.94. The molecule has 2 aromatic carbocycles. The zero-order valence-corrected chi connectivity index (χ0v) is 14.3. The van der Waals surface area contributed by atoms with Crippen LogP contribution in [0.3, 0.4) is 0 Å². The topological polar surface area (TPSA) is 38.3 Å². The van der Waals surface area contributed by atoms with E-state index in [-0.39, 0.29) is 11.3 Å². The summed E-state index contributed by atoms with van der Waals surface area (Å²) in [5.74, 6) is 0.767. The van der Waals surface area contributed by atoms with E-state index in [1.54, 1.807) is 0 Å². The maximum absolute atomic E-state index is 12.0. The number of aryl methyl sites for hydroxylation is 1. The van der Waals surface area contributed by atoms with Gasteiger partial charge in [-0.05, 0) is 42.2 Å². The molecule has 122 valence electrons. The molecule has 0 fully saturated rings. The van der Waals surface area contributed by atoms with Crippen LogP contribution in [0.15, 0.2) is 48.5 Å². The van der Waals surface area contributed by atoms with Crippen LogP contribution in [0.2, 0.25) is 0 Å². The summed E-state index contributed by atoms with van der Waals surface area (Å²) >= 11 is 0. The van der Waals surface area contributed by atoms with E-state index in [1.807, 2.05) is 43.3 Å². The van der Waals surface area contributed by atoms with Crippen molar-refractivity contribution in [3.63, 3.8) is 0 Å². The molecule has 0 unspecified atom stereocenters. The van der Waals surface area contributed by atoms with Crippen molar-refractivity contribution in [3.8, 4) is 5.75 Å². The minimum absolute atomic E-state index is 0.0688. The number of carbonyl (C=O) groups is 1. The quantitative estimate of drug-likeness (QED) is 0.844. The molecule has 0 aliphatic carbocycles. The molecule has 0 atom stereocenters. The fourth-order valence-corrected chi connectivity index (χ4v) is 2.27. The van der Waals surface area contributed by atoms with Gasteiger partial charge in [0.2, 0.25) is 0 Å². The van der Waals surface area contributed by atoms with Crippen LogP contribution in [0.1, 0.15) is 42.3 Å². The normalized spacial score (nSPS) is 11.1. The van der Waals surface area contributed by atoms with Crippen LogP contribution in [0.5, 0.6) is 5.75 Å². The largest absolute Gasteiger partial charge is 0.492 e. The van der Waals surface area contributed by atoms with Crippen molar-refractivity contribution < 1.29 is 9.53 Å². The lowest BCUT2D eigenvalue weighted by Crippen LogP contribution is -2.28. The zero-order chi connectivity index (χ0) is 16.9. The number of amides is 1. The highest BCUT2D eigenvalue weighted by Crippen LogP contribution is 2.25. The van der Waals surface area contributed by atoms with E-state index < -0.39 is 0 Å². The molecule has 1 amide bonds. The van der Waals surface area contributed by atoms with E-state index in [1.165, 1.54) is 5.56 Å². The molecular weight excluding hydrogens is 286 g/mol. The lowest BCUT2D eigenvalue weighted by molar-refractivity contribution is 0.0947. The fourth-order valence-electron chi connectivity index (χ4n) is 2.27. The Morgan fingerprint density at radius 1 is 1.09 bits per heavy atom. The standard InChI is InChI=1S/C20H25NO2/c1-15-7-5-8-16(13-15)19(22)21-11-12-23-18-10-6-9-17(14-18)20(2,3)4/h5-10,13-14H,11-12H2,1-4H3,(H,21,22). The van der Waals surface area contributed by atoms with Crippen LogP contribution < -0.4 is 10.1 Å². The van der Waals surface area contributed by atoms with E-state index in [4.69, 9.17) is 4.74 Å². The zero-order valence-electron chi connectivity index (χ0n) is 14.3. The number of rotatable bonds is 5. The van der Waals surface area contributed by atoms with Gasteiger partial charge in [0.15, 0.2) is 0 Å². The number of nitrogens with one attached hydrogen (secondary N) is 1. The molecule has 0 saturated heterocycles. The van der Waals surface area contributed by atoms with Gasteiger partial charge in [-0.1, -0.05) is 50.6 Å². The van der Waals surface area contributed by atoms with Gasteiger partial charge in [0.05, 0.1) is 6.54 Å². The average molecular weight is 311 g/mol. The second-order valence-corrected chi connectivity index (χ2v) is 6.75. The monoisotopic (exact) mass is 311 g/mol.